The second-order valence-corrected chi connectivity index (χ2v) is 4.46. The number of nitro benzene ring substituents is 1. The average Bonchev–Trinajstić information content (AvgIpc) is 2.31. The van der Waals surface area contributed by atoms with E-state index in [4.69, 9.17) is 10.4 Å². The van der Waals surface area contributed by atoms with Gasteiger partial charge in [-0.05, 0) is 22.6 Å². The highest BCUT2D eigenvalue weighted by Gasteiger charge is 2.21. The Morgan fingerprint density at radius 2 is 2.16 bits per heavy atom. The molecule has 0 atom stereocenters. The van der Waals surface area contributed by atoms with Crippen LogP contribution in [0.4, 0.5) is 11.4 Å². The number of nitrogens with zero attached hydrogens (tertiary/aromatic N) is 2. The molecule has 0 heterocycles. The third kappa shape index (κ3) is 3.62. The number of nitriles is 1. The number of hydrogen-bond acceptors (Lipinski definition) is 5. The highest BCUT2D eigenvalue weighted by molar-refractivity contribution is 14.1. The lowest BCUT2D eigenvalue weighted by atomic mass is 10.1. The Balaban J connectivity index is 3.31. The number of carboxylic acids is 1. The number of hydrogen-bond donors (Lipinski definition) is 2. The molecule has 0 unspecified atom stereocenters. The Bertz CT molecular complexity index is 608. The Kier molecular flexibility index (Phi) is 4.76. The van der Waals surface area contributed by atoms with Crippen LogP contribution in [0, 0.1) is 25.0 Å². The second kappa shape index (κ2) is 6.10. The summed E-state index contributed by atoms with van der Waals surface area (Å²) in [7, 11) is 0. The molecule has 9 heteroatoms. The van der Waals surface area contributed by atoms with Gasteiger partial charge in [0.05, 0.1) is 22.2 Å². The maximum atomic E-state index is 11.3. The van der Waals surface area contributed by atoms with Gasteiger partial charge in [-0.3, -0.25) is 14.9 Å². The number of nitro groups is 1. The number of rotatable bonds is 4. The summed E-state index contributed by atoms with van der Waals surface area (Å²) < 4.78 is 0.204. The van der Waals surface area contributed by atoms with Gasteiger partial charge < -0.3 is 10.4 Å². The van der Waals surface area contributed by atoms with E-state index in [1.54, 1.807) is 28.7 Å². The van der Waals surface area contributed by atoms with Crippen LogP contribution < -0.4 is 5.32 Å². The van der Waals surface area contributed by atoms with E-state index in [-0.39, 0.29) is 14.9 Å². The highest BCUT2D eigenvalue weighted by Crippen LogP contribution is 2.28. The molecule has 0 bridgehead atoms. The van der Waals surface area contributed by atoms with Gasteiger partial charge in [0.25, 0.3) is 5.69 Å². The minimum absolute atomic E-state index is 0.0565. The number of carbonyl (C=O) groups excluding carboxylic acids is 1. The lowest BCUT2D eigenvalue weighted by Gasteiger charge is -2.09. The monoisotopic (exact) mass is 375 g/mol. The number of nitrogens with one attached hydrogen (secondary N) is 1. The zero-order valence-electron chi connectivity index (χ0n) is 9.21. The van der Waals surface area contributed by atoms with Gasteiger partial charge in [-0.15, -0.1) is 0 Å². The minimum Gasteiger partial charge on any atom is -0.478 e. The SMILES string of the molecule is N#CCC(=O)Nc1c(I)cc([N+](=O)[O-])cc1C(=O)O. The summed E-state index contributed by atoms with van der Waals surface area (Å²) in [5, 5.41) is 30.3. The van der Waals surface area contributed by atoms with Gasteiger partial charge in [0, 0.05) is 15.7 Å². The topological polar surface area (TPSA) is 133 Å². The van der Waals surface area contributed by atoms with E-state index in [2.05, 4.69) is 5.32 Å². The molecule has 0 saturated carbocycles. The Labute approximate surface area is 120 Å². The first-order valence-electron chi connectivity index (χ1n) is 4.75. The molecule has 1 amide bonds. The molecule has 0 aromatic heterocycles. The van der Waals surface area contributed by atoms with Crippen molar-refractivity contribution in [2.75, 3.05) is 5.32 Å². The fourth-order valence-corrected chi connectivity index (χ4v) is 1.99. The molecule has 8 nitrogen and oxygen atoms in total. The van der Waals surface area contributed by atoms with Gasteiger partial charge in [-0.25, -0.2) is 4.79 Å². The van der Waals surface area contributed by atoms with Crippen molar-refractivity contribution in [1.82, 2.24) is 0 Å². The molecule has 98 valence electrons. The fourth-order valence-electron chi connectivity index (χ4n) is 1.25. The molecule has 2 N–H and O–H groups in total. The number of benzene rings is 1. The first-order chi connectivity index (χ1) is 8.86. The number of carbonyl (C=O) groups is 2. The van der Waals surface area contributed by atoms with Gasteiger partial charge in [0.2, 0.25) is 5.91 Å². The molecule has 0 fully saturated rings. The molecule has 0 radical (unpaired) electrons. The molecular weight excluding hydrogens is 369 g/mol. The van der Waals surface area contributed by atoms with Crippen LogP contribution in [0.15, 0.2) is 12.1 Å². The van der Waals surface area contributed by atoms with Crippen LogP contribution in [0.3, 0.4) is 0 Å². The van der Waals surface area contributed by atoms with Crippen LogP contribution in [-0.2, 0) is 4.79 Å². The van der Waals surface area contributed by atoms with Crippen molar-refractivity contribution in [2.45, 2.75) is 6.42 Å². The maximum Gasteiger partial charge on any atom is 0.338 e. The number of halogens is 1. The van der Waals surface area contributed by atoms with Crippen molar-refractivity contribution in [1.29, 1.82) is 5.26 Å². The van der Waals surface area contributed by atoms with Crippen LogP contribution in [0.2, 0.25) is 0 Å². The van der Waals surface area contributed by atoms with Crippen LogP contribution in [-0.4, -0.2) is 21.9 Å². The zero-order chi connectivity index (χ0) is 14.6. The maximum absolute atomic E-state index is 11.3. The molecule has 0 aliphatic heterocycles. The van der Waals surface area contributed by atoms with E-state index in [0.717, 1.165) is 12.1 Å². The molecule has 0 aliphatic carbocycles. The lowest BCUT2D eigenvalue weighted by Crippen LogP contribution is -2.15. The highest BCUT2D eigenvalue weighted by atomic mass is 127. The van der Waals surface area contributed by atoms with Gasteiger partial charge in [0.15, 0.2) is 0 Å². The van der Waals surface area contributed by atoms with Crippen molar-refractivity contribution in [3.8, 4) is 6.07 Å². The average molecular weight is 375 g/mol. The van der Waals surface area contributed by atoms with E-state index in [0.29, 0.717) is 0 Å². The molecule has 0 aliphatic rings. The third-order valence-electron chi connectivity index (χ3n) is 2.02. The van der Waals surface area contributed by atoms with Crippen molar-refractivity contribution in [2.24, 2.45) is 0 Å². The van der Waals surface area contributed by atoms with Crippen molar-refractivity contribution in [3.63, 3.8) is 0 Å². The molecule has 1 aromatic carbocycles. The largest absolute Gasteiger partial charge is 0.478 e. The van der Waals surface area contributed by atoms with Crippen molar-refractivity contribution in [3.05, 3.63) is 31.4 Å². The summed E-state index contributed by atoms with van der Waals surface area (Å²) in [4.78, 5) is 32.3. The number of anilines is 1. The molecule has 0 spiro atoms. The summed E-state index contributed by atoms with van der Waals surface area (Å²) in [5.41, 5.74) is -0.844. The van der Waals surface area contributed by atoms with Gasteiger partial charge >= 0.3 is 5.97 Å². The van der Waals surface area contributed by atoms with Gasteiger partial charge in [-0.1, -0.05) is 0 Å². The van der Waals surface area contributed by atoms with Crippen LogP contribution >= 0.6 is 22.6 Å². The Morgan fingerprint density at radius 1 is 1.53 bits per heavy atom. The van der Waals surface area contributed by atoms with Gasteiger partial charge in [0.1, 0.15) is 6.42 Å². The van der Waals surface area contributed by atoms with Crippen LogP contribution in [0.1, 0.15) is 16.8 Å². The first-order valence-corrected chi connectivity index (χ1v) is 5.82. The molecule has 0 saturated heterocycles. The third-order valence-corrected chi connectivity index (χ3v) is 2.87. The van der Waals surface area contributed by atoms with E-state index in [9.17, 15) is 19.7 Å². The lowest BCUT2D eigenvalue weighted by molar-refractivity contribution is -0.385. The smallest absolute Gasteiger partial charge is 0.338 e. The first kappa shape index (κ1) is 14.8. The van der Waals surface area contributed by atoms with Crippen molar-refractivity contribution >= 4 is 45.8 Å². The molecule has 19 heavy (non-hydrogen) atoms. The number of carboxylic acid groups (broad SMARTS) is 1. The summed E-state index contributed by atoms with van der Waals surface area (Å²) >= 11 is 1.67. The zero-order valence-corrected chi connectivity index (χ0v) is 11.4. The molecule has 1 rings (SSSR count). The summed E-state index contributed by atoms with van der Waals surface area (Å²) in [6, 6.07) is 3.60. The number of amides is 1. The Hall–Kier alpha value is -2.22. The van der Waals surface area contributed by atoms with E-state index < -0.39 is 28.8 Å². The number of aromatic carboxylic acids is 1. The van der Waals surface area contributed by atoms with Gasteiger partial charge in [-0.2, -0.15) is 5.26 Å². The minimum atomic E-state index is -1.41. The van der Waals surface area contributed by atoms with Crippen molar-refractivity contribution < 1.29 is 19.6 Å². The van der Waals surface area contributed by atoms with E-state index >= 15 is 0 Å². The summed E-state index contributed by atoms with van der Waals surface area (Å²) in [6.45, 7) is 0. The van der Waals surface area contributed by atoms with E-state index in [1.165, 1.54) is 0 Å². The van der Waals surface area contributed by atoms with Crippen LogP contribution in [0.25, 0.3) is 0 Å². The normalized spacial score (nSPS) is 9.47. The number of non-ortho nitro benzene ring substituents is 1. The predicted octanol–water partition coefficient (Wildman–Crippen LogP) is 1.75. The summed E-state index contributed by atoms with van der Waals surface area (Å²) in [5.74, 6) is -2.09. The fraction of sp³-hybridized carbons (Fsp3) is 0.100. The quantitative estimate of drug-likeness (QED) is 0.468. The van der Waals surface area contributed by atoms with Crippen LogP contribution in [0.5, 0.6) is 0 Å². The standard InChI is InChI=1S/C10H6IN3O5/c11-7-4-5(14(18)19)3-6(10(16)17)9(7)13-8(15)1-2-12/h3-4H,1H2,(H,13,15)(H,16,17). The predicted molar refractivity (Wildman–Crippen MR) is 71.6 cm³/mol. The molecular formula is C10H6IN3O5. The molecule has 1 aromatic rings. The van der Waals surface area contributed by atoms with E-state index in [1.807, 2.05) is 0 Å². The Morgan fingerprint density at radius 3 is 2.63 bits per heavy atom. The summed E-state index contributed by atoms with van der Waals surface area (Å²) in [6.07, 6.45) is -0.438. The second-order valence-electron chi connectivity index (χ2n) is 3.30.